The van der Waals surface area contributed by atoms with Crippen molar-refractivity contribution in [2.75, 3.05) is 0 Å². The third-order valence-electron chi connectivity index (χ3n) is 2.88. The van der Waals surface area contributed by atoms with Crippen LogP contribution in [0.15, 0.2) is 53.9 Å². The molecule has 0 spiro atoms. The average molecular weight is 294 g/mol. The van der Waals surface area contributed by atoms with Gasteiger partial charge in [0.15, 0.2) is 0 Å². The molecule has 1 heterocycles. The van der Waals surface area contributed by atoms with Crippen LogP contribution in [0.25, 0.3) is 21.2 Å². The lowest BCUT2D eigenvalue weighted by atomic mass is 10.0. The van der Waals surface area contributed by atoms with Crippen LogP contribution in [-0.4, -0.2) is 6.36 Å². The number of thiophene rings is 1. The van der Waals surface area contributed by atoms with Gasteiger partial charge in [-0.25, -0.2) is 0 Å². The molecule has 0 saturated heterocycles. The number of alkyl halides is 3. The lowest BCUT2D eigenvalue weighted by Gasteiger charge is -2.09. The fraction of sp³-hybridized carbons (Fsp3) is 0.0667. The molecule has 0 aliphatic rings. The number of hydrogen-bond donors (Lipinski definition) is 0. The molecule has 0 N–H and O–H groups in total. The van der Waals surface area contributed by atoms with Gasteiger partial charge >= 0.3 is 6.36 Å². The predicted octanol–water partition coefficient (Wildman–Crippen LogP) is 5.47. The maximum absolute atomic E-state index is 12.1. The lowest BCUT2D eigenvalue weighted by molar-refractivity contribution is -0.274. The first-order valence-electron chi connectivity index (χ1n) is 5.85. The van der Waals surface area contributed by atoms with E-state index in [1.807, 2.05) is 29.6 Å². The minimum atomic E-state index is -4.66. The Morgan fingerprint density at radius 2 is 1.55 bits per heavy atom. The number of hydrogen-bond acceptors (Lipinski definition) is 2. The quantitative estimate of drug-likeness (QED) is 0.609. The van der Waals surface area contributed by atoms with Gasteiger partial charge in [-0.1, -0.05) is 24.3 Å². The fourth-order valence-electron chi connectivity index (χ4n) is 1.98. The van der Waals surface area contributed by atoms with Crippen LogP contribution in [0.4, 0.5) is 13.2 Å². The predicted molar refractivity (Wildman–Crippen MR) is 73.9 cm³/mol. The molecular weight excluding hydrogens is 285 g/mol. The molecular formula is C15H9F3OS. The number of halogens is 3. The van der Waals surface area contributed by atoms with Crippen molar-refractivity contribution < 1.29 is 17.9 Å². The molecule has 0 saturated carbocycles. The Morgan fingerprint density at radius 1 is 0.850 bits per heavy atom. The largest absolute Gasteiger partial charge is 0.573 e. The average Bonchev–Trinajstić information content (AvgIpc) is 2.85. The van der Waals surface area contributed by atoms with Gasteiger partial charge in [-0.15, -0.1) is 24.5 Å². The van der Waals surface area contributed by atoms with E-state index in [4.69, 9.17) is 0 Å². The molecule has 20 heavy (non-hydrogen) atoms. The van der Waals surface area contributed by atoms with E-state index in [0.717, 1.165) is 21.2 Å². The summed E-state index contributed by atoms with van der Waals surface area (Å²) in [6.07, 6.45) is -4.66. The molecule has 0 fully saturated rings. The Bertz CT molecular complexity index is 729. The normalized spacial score (nSPS) is 11.8. The van der Waals surface area contributed by atoms with Gasteiger partial charge in [0, 0.05) is 4.70 Å². The highest BCUT2D eigenvalue weighted by Crippen LogP contribution is 2.30. The zero-order valence-electron chi connectivity index (χ0n) is 10.1. The van der Waals surface area contributed by atoms with Crippen molar-refractivity contribution in [1.29, 1.82) is 0 Å². The molecule has 102 valence electrons. The summed E-state index contributed by atoms with van der Waals surface area (Å²) in [5, 5.41) is 3.17. The highest BCUT2D eigenvalue weighted by atomic mass is 32.1. The maximum Gasteiger partial charge on any atom is 0.573 e. The van der Waals surface area contributed by atoms with E-state index in [-0.39, 0.29) is 5.75 Å². The van der Waals surface area contributed by atoms with Crippen molar-refractivity contribution in [2.45, 2.75) is 6.36 Å². The second kappa shape index (κ2) is 4.83. The van der Waals surface area contributed by atoms with E-state index in [9.17, 15) is 13.2 Å². The first kappa shape index (κ1) is 13.0. The SMILES string of the molecule is FC(F)(F)Oc1ccc(-c2ccc3ccsc3c2)cc1. The highest BCUT2D eigenvalue weighted by molar-refractivity contribution is 7.17. The molecule has 0 amide bonds. The zero-order chi connectivity index (χ0) is 14.2. The molecule has 1 nitrogen and oxygen atoms in total. The van der Waals surface area contributed by atoms with Crippen molar-refractivity contribution >= 4 is 21.4 Å². The van der Waals surface area contributed by atoms with Crippen LogP contribution in [0.1, 0.15) is 0 Å². The highest BCUT2D eigenvalue weighted by Gasteiger charge is 2.30. The van der Waals surface area contributed by atoms with Crippen LogP contribution in [0.5, 0.6) is 5.75 Å². The Hall–Kier alpha value is -2.01. The molecule has 1 aromatic heterocycles. The maximum atomic E-state index is 12.1. The van der Waals surface area contributed by atoms with Gasteiger partial charge in [0.1, 0.15) is 5.75 Å². The van der Waals surface area contributed by atoms with Gasteiger partial charge in [-0.3, -0.25) is 0 Å². The van der Waals surface area contributed by atoms with Crippen LogP contribution < -0.4 is 4.74 Å². The summed E-state index contributed by atoms with van der Waals surface area (Å²) in [6.45, 7) is 0. The summed E-state index contributed by atoms with van der Waals surface area (Å²) in [4.78, 5) is 0. The smallest absolute Gasteiger partial charge is 0.406 e. The molecule has 0 unspecified atom stereocenters. The minimum Gasteiger partial charge on any atom is -0.406 e. The van der Waals surface area contributed by atoms with E-state index >= 15 is 0 Å². The molecule has 5 heteroatoms. The zero-order valence-corrected chi connectivity index (χ0v) is 11.0. The molecule has 0 aliphatic carbocycles. The van der Waals surface area contributed by atoms with Crippen LogP contribution in [0, 0.1) is 0 Å². The van der Waals surface area contributed by atoms with Crippen LogP contribution in [0.3, 0.4) is 0 Å². The Labute approximate surface area is 117 Å². The van der Waals surface area contributed by atoms with Gasteiger partial charge in [0.25, 0.3) is 0 Å². The van der Waals surface area contributed by atoms with E-state index in [0.29, 0.717) is 0 Å². The first-order valence-corrected chi connectivity index (χ1v) is 6.73. The van der Waals surface area contributed by atoms with Gasteiger partial charge in [0.2, 0.25) is 0 Å². The molecule has 2 aromatic carbocycles. The van der Waals surface area contributed by atoms with Crippen LogP contribution in [0.2, 0.25) is 0 Å². The molecule has 0 aliphatic heterocycles. The summed E-state index contributed by atoms with van der Waals surface area (Å²) in [5.74, 6) is -0.210. The molecule has 0 atom stereocenters. The Kier molecular flexibility index (Phi) is 3.14. The van der Waals surface area contributed by atoms with Crippen molar-refractivity contribution in [1.82, 2.24) is 0 Å². The van der Waals surface area contributed by atoms with Gasteiger partial charge < -0.3 is 4.74 Å². The van der Waals surface area contributed by atoms with Crippen molar-refractivity contribution in [3.05, 3.63) is 53.9 Å². The standard InChI is InChI=1S/C15H9F3OS/c16-15(17,18)19-13-5-3-10(4-6-13)12-2-1-11-7-8-20-14(11)9-12/h1-9H. The second-order valence-electron chi connectivity index (χ2n) is 4.25. The third kappa shape index (κ3) is 2.77. The molecule has 0 bridgehead atoms. The number of benzene rings is 2. The van der Waals surface area contributed by atoms with Gasteiger partial charge in [0.05, 0.1) is 0 Å². The van der Waals surface area contributed by atoms with E-state index in [1.165, 1.54) is 12.1 Å². The number of ether oxygens (including phenoxy) is 1. The van der Waals surface area contributed by atoms with Crippen molar-refractivity contribution in [3.8, 4) is 16.9 Å². The molecule has 0 radical (unpaired) electrons. The minimum absolute atomic E-state index is 0.210. The lowest BCUT2D eigenvalue weighted by Crippen LogP contribution is -2.16. The van der Waals surface area contributed by atoms with Gasteiger partial charge in [-0.2, -0.15) is 0 Å². The summed E-state index contributed by atoms with van der Waals surface area (Å²) in [6, 6.07) is 13.9. The Balaban J connectivity index is 1.90. The Morgan fingerprint density at radius 3 is 2.25 bits per heavy atom. The first-order chi connectivity index (χ1) is 9.51. The number of rotatable bonds is 2. The fourth-order valence-corrected chi connectivity index (χ4v) is 2.81. The van der Waals surface area contributed by atoms with Gasteiger partial charge in [-0.05, 0) is 46.2 Å². The van der Waals surface area contributed by atoms with E-state index in [2.05, 4.69) is 4.74 Å². The summed E-state index contributed by atoms with van der Waals surface area (Å²) in [5.41, 5.74) is 1.83. The van der Waals surface area contributed by atoms with E-state index < -0.39 is 6.36 Å². The molecule has 3 rings (SSSR count). The van der Waals surface area contributed by atoms with Crippen LogP contribution >= 0.6 is 11.3 Å². The van der Waals surface area contributed by atoms with E-state index in [1.54, 1.807) is 23.5 Å². The monoisotopic (exact) mass is 294 g/mol. The molecule has 3 aromatic rings. The second-order valence-corrected chi connectivity index (χ2v) is 5.19. The number of fused-ring (bicyclic) bond motifs is 1. The third-order valence-corrected chi connectivity index (χ3v) is 3.76. The summed E-state index contributed by atoms with van der Waals surface area (Å²) < 4.78 is 41.3. The summed E-state index contributed by atoms with van der Waals surface area (Å²) >= 11 is 1.63. The van der Waals surface area contributed by atoms with Crippen LogP contribution in [-0.2, 0) is 0 Å². The van der Waals surface area contributed by atoms with Crippen molar-refractivity contribution in [2.24, 2.45) is 0 Å². The topological polar surface area (TPSA) is 9.23 Å². The van der Waals surface area contributed by atoms with Crippen molar-refractivity contribution in [3.63, 3.8) is 0 Å². The summed E-state index contributed by atoms with van der Waals surface area (Å²) in [7, 11) is 0.